The summed E-state index contributed by atoms with van der Waals surface area (Å²) in [6.07, 6.45) is 5.17. The van der Waals surface area contributed by atoms with Crippen molar-refractivity contribution in [3.8, 4) is 0 Å². The van der Waals surface area contributed by atoms with E-state index in [1.807, 2.05) is 6.92 Å². The molecule has 96 valence electrons. The highest BCUT2D eigenvalue weighted by Crippen LogP contribution is 2.55. The SMILES string of the molecule is C[C@H](Br)C(=O)NC1C2CC3CC1CC(O)(C3)C2. The van der Waals surface area contributed by atoms with E-state index >= 15 is 0 Å². The van der Waals surface area contributed by atoms with Crippen molar-refractivity contribution in [3.63, 3.8) is 0 Å². The van der Waals surface area contributed by atoms with Crippen LogP contribution in [0.5, 0.6) is 0 Å². The molecule has 0 aromatic heterocycles. The first-order valence-corrected chi connectivity index (χ1v) is 7.55. The Balaban J connectivity index is 1.74. The number of aliphatic hydroxyl groups is 1. The van der Waals surface area contributed by atoms with Crippen LogP contribution in [0, 0.1) is 17.8 Å². The van der Waals surface area contributed by atoms with Crippen LogP contribution in [0.25, 0.3) is 0 Å². The summed E-state index contributed by atoms with van der Waals surface area (Å²) in [7, 11) is 0. The van der Waals surface area contributed by atoms with Gasteiger partial charge < -0.3 is 10.4 Å². The molecule has 0 saturated heterocycles. The van der Waals surface area contributed by atoms with Gasteiger partial charge in [-0.1, -0.05) is 15.9 Å². The van der Waals surface area contributed by atoms with Crippen molar-refractivity contribution in [1.29, 1.82) is 0 Å². The Bertz CT molecular complexity index is 328. The van der Waals surface area contributed by atoms with Gasteiger partial charge in [0.25, 0.3) is 0 Å². The van der Waals surface area contributed by atoms with E-state index in [0.29, 0.717) is 23.8 Å². The maximum Gasteiger partial charge on any atom is 0.233 e. The Kier molecular flexibility index (Phi) is 2.78. The lowest BCUT2D eigenvalue weighted by Gasteiger charge is -2.58. The van der Waals surface area contributed by atoms with Crippen molar-refractivity contribution in [2.24, 2.45) is 17.8 Å². The first-order valence-electron chi connectivity index (χ1n) is 6.64. The lowest BCUT2D eigenvalue weighted by molar-refractivity contribution is -0.146. The fourth-order valence-electron chi connectivity index (χ4n) is 4.50. The lowest BCUT2D eigenvalue weighted by atomic mass is 9.52. The number of alkyl halides is 1. The summed E-state index contributed by atoms with van der Waals surface area (Å²) in [5, 5.41) is 13.6. The normalized spacial score (nSPS) is 49.1. The molecule has 3 atom stereocenters. The first kappa shape index (κ1) is 12.0. The number of nitrogens with one attached hydrogen (secondary N) is 1. The van der Waals surface area contributed by atoms with Crippen LogP contribution in [0.4, 0.5) is 0 Å². The molecular weight excluding hydrogens is 282 g/mol. The van der Waals surface area contributed by atoms with Gasteiger partial charge in [-0.2, -0.15) is 0 Å². The number of hydrogen-bond acceptors (Lipinski definition) is 2. The first-order chi connectivity index (χ1) is 7.97. The van der Waals surface area contributed by atoms with Crippen molar-refractivity contribution in [3.05, 3.63) is 0 Å². The summed E-state index contributed by atoms with van der Waals surface area (Å²) in [6.45, 7) is 1.86. The van der Waals surface area contributed by atoms with Crippen LogP contribution in [0.3, 0.4) is 0 Å². The van der Waals surface area contributed by atoms with E-state index < -0.39 is 5.60 Å². The Morgan fingerprint density at radius 1 is 1.35 bits per heavy atom. The molecule has 0 aliphatic heterocycles. The van der Waals surface area contributed by atoms with Crippen molar-refractivity contribution in [2.75, 3.05) is 0 Å². The molecular formula is C13H20BrNO2. The molecule has 0 aromatic rings. The second-order valence-electron chi connectivity index (χ2n) is 6.34. The summed E-state index contributed by atoms with van der Waals surface area (Å²) >= 11 is 3.32. The van der Waals surface area contributed by atoms with Crippen LogP contribution < -0.4 is 5.32 Å². The van der Waals surface area contributed by atoms with Crippen LogP contribution in [0.2, 0.25) is 0 Å². The van der Waals surface area contributed by atoms with Crippen molar-refractivity contribution >= 4 is 21.8 Å². The van der Waals surface area contributed by atoms with E-state index in [2.05, 4.69) is 21.2 Å². The third kappa shape index (κ3) is 2.03. The van der Waals surface area contributed by atoms with Crippen molar-refractivity contribution in [1.82, 2.24) is 5.32 Å². The largest absolute Gasteiger partial charge is 0.390 e. The topological polar surface area (TPSA) is 49.3 Å². The average molecular weight is 302 g/mol. The second kappa shape index (κ2) is 3.95. The molecule has 4 fully saturated rings. The van der Waals surface area contributed by atoms with E-state index in [-0.39, 0.29) is 10.7 Å². The van der Waals surface area contributed by atoms with E-state index in [0.717, 1.165) is 19.3 Å². The zero-order chi connectivity index (χ0) is 12.2. The number of amides is 1. The molecule has 4 aliphatic carbocycles. The Morgan fingerprint density at radius 2 is 1.94 bits per heavy atom. The molecule has 4 aliphatic rings. The van der Waals surface area contributed by atoms with Crippen molar-refractivity contribution in [2.45, 2.75) is 55.5 Å². The van der Waals surface area contributed by atoms with Gasteiger partial charge >= 0.3 is 0 Å². The second-order valence-corrected chi connectivity index (χ2v) is 7.72. The molecule has 4 heteroatoms. The summed E-state index contributed by atoms with van der Waals surface area (Å²) in [5.74, 6) is 1.80. The van der Waals surface area contributed by atoms with Gasteiger partial charge in [0, 0.05) is 6.04 Å². The highest BCUT2D eigenvalue weighted by Gasteiger charge is 2.55. The highest BCUT2D eigenvalue weighted by molar-refractivity contribution is 9.10. The minimum Gasteiger partial charge on any atom is -0.390 e. The minimum absolute atomic E-state index is 0.0921. The van der Waals surface area contributed by atoms with Gasteiger partial charge in [0.2, 0.25) is 5.91 Å². The maximum absolute atomic E-state index is 11.8. The number of halogens is 1. The average Bonchev–Trinajstić information content (AvgIpc) is 2.20. The third-order valence-corrected chi connectivity index (χ3v) is 5.33. The zero-order valence-corrected chi connectivity index (χ0v) is 11.7. The lowest BCUT2D eigenvalue weighted by Crippen LogP contribution is -2.62. The van der Waals surface area contributed by atoms with Gasteiger partial charge in [0.1, 0.15) is 0 Å². The Labute approximate surface area is 110 Å². The fourth-order valence-corrected chi connectivity index (χ4v) is 4.63. The number of hydrogen-bond donors (Lipinski definition) is 2. The maximum atomic E-state index is 11.8. The molecule has 2 N–H and O–H groups in total. The predicted molar refractivity (Wildman–Crippen MR) is 68.8 cm³/mol. The van der Waals surface area contributed by atoms with E-state index in [4.69, 9.17) is 0 Å². The molecule has 0 aromatic carbocycles. The number of carbonyl (C=O) groups excluding carboxylic acids is 1. The van der Waals surface area contributed by atoms with E-state index in [1.54, 1.807) is 0 Å². The van der Waals surface area contributed by atoms with Gasteiger partial charge in [-0.25, -0.2) is 0 Å². The molecule has 4 bridgehead atoms. The molecule has 4 saturated carbocycles. The van der Waals surface area contributed by atoms with Gasteiger partial charge in [0.15, 0.2) is 0 Å². The standard InChI is InChI=1S/C13H20BrNO2/c1-7(14)12(16)15-11-9-2-8-3-10(11)6-13(17,4-8)5-9/h7-11,17H,2-6H2,1H3,(H,15,16)/t7-,8?,9?,10?,11?,13?/m0/s1. The van der Waals surface area contributed by atoms with Crippen molar-refractivity contribution < 1.29 is 9.90 Å². The molecule has 1 amide bonds. The predicted octanol–water partition coefficient (Wildman–Crippen LogP) is 1.83. The summed E-state index contributed by atoms with van der Waals surface area (Å²) < 4.78 is 0. The van der Waals surface area contributed by atoms with Crippen LogP contribution in [0.15, 0.2) is 0 Å². The quantitative estimate of drug-likeness (QED) is 0.765. The summed E-state index contributed by atoms with van der Waals surface area (Å²) in [6, 6.07) is 0.305. The molecule has 3 nitrogen and oxygen atoms in total. The van der Waals surface area contributed by atoms with Gasteiger partial charge in [-0.05, 0) is 56.8 Å². The highest BCUT2D eigenvalue weighted by atomic mass is 79.9. The Hall–Kier alpha value is -0.0900. The third-order valence-electron chi connectivity index (χ3n) is 4.91. The molecule has 0 heterocycles. The van der Waals surface area contributed by atoms with Gasteiger partial charge in [0.05, 0.1) is 10.4 Å². The smallest absolute Gasteiger partial charge is 0.233 e. The monoisotopic (exact) mass is 301 g/mol. The minimum atomic E-state index is -0.405. The van der Waals surface area contributed by atoms with Crippen LogP contribution in [0.1, 0.15) is 39.0 Å². The number of rotatable bonds is 2. The van der Waals surface area contributed by atoms with Crippen LogP contribution >= 0.6 is 15.9 Å². The Morgan fingerprint density at radius 3 is 2.41 bits per heavy atom. The molecule has 17 heavy (non-hydrogen) atoms. The fraction of sp³-hybridized carbons (Fsp3) is 0.923. The zero-order valence-electron chi connectivity index (χ0n) is 10.2. The van der Waals surface area contributed by atoms with Crippen LogP contribution in [-0.2, 0) is 4.79 Å². The van der Waals surface area contributed by atoms with E-state index in [1.165, 1.54) is 12.8 Å². The number of carbonyl (C=O) groups is 1. The molecule has 0 spiro atoms. The summed E-state index contributed by atoms with van der Waals surface area (Å²) in [5.41, 5.74) is -0.405. The molecule has 2 unspecified atom stereocenters. The van der Waals surface area contributed by atoms with Gasteiger partial charge in [-0.3, -0.25) is 4.79 Å². The van der Waals surface area contributed by atoms with Crippen LogP contribution in [-0.4, -0.2) is 27.5 Å². The van der Waals surface area contributed by atoms with E-state index in [9.17, 15) is 9.90 Å². The molecule has 4 rings (SSSR count). The summed E-state index contributed by atoms with van der Waals surface area (Å²) in [4.78, 5) is 11.7. The van der Waals surface area contributed by atoms with Gasteiger partial charge in [-0.15, -0.1) is 0 Å². The molecule has 0 radical (unpaired) electrons.